The van der Waals surface area contributed by atoms with Gasteiger partial charge in [-0.3, -0.25) is 9.69 Å². The first kappa shape index (κ1) is 13.2. The molecule has 1 saturated heterocycles. The van der Waals surface area contributed by atoms with Gasteiger partial charge in [0.15, 0.2) is 11.5 Å². The molecule has 1 fully saturated rings. The van der Waals surface area contributed by atoms with Crippen molar-refractivity contribution in [3.05, 3.63) is 23.8 Å². The summed E-state index contributed by atoms with van der Waals surface area (Å²) in [6, 6.07) is 5.76. The number of rotatable bonds is 3. The van der Waals surface area contributed by atoms with E-state index in [0.29, 0.717) is 19.4 Å². The number of ether oxygens (including phenoxy) is 2. The number of aliphatic hydroxyl groups excluding tert-OH is 1. The zero-order chi connectivity index (χ0) is 14.1. The number of hydrogen-bond donors (Lipinski definition) is 2. The van der Waals surface area contributed by atoms with Crippen molar-refractivity contribution >= 4 is 5.91 Å². The number of likely N-dealkylation sites (N-methyl/N-ethyl adjacent to an activating group) is 1. The van der Waals surface area contributed by atoms with Crippen molar-refractivity contribution in [2.45, 2.75) is 31.7 Å². The quantitative estimate of drug-likeness (QED) is 0.839. The lowest BCUT2D eigenvalue weighted by Gasteiger charge is -2.35. The van der Waals surface area contributed by atoms with Crippen molar-refractivity contribution in [3.8, 4) is 11.5 Å². The number of hydrogen-bond acceptors (Lipinski definition) is 5. The minimum atomic E-state index is -0.810. The molecule has 0 spiro atoms. The highest BCUT2D eigenvalue weighted by Gasteiger charge is 2.30. The zero-order valence-electron chi connectivity index (χ0n) is 11.3. The van der Waals surface area contributed by atoms with E-state index in [2.05, 4.69) is 5.32 Å². The molecule has 3 rings (SSSR count). The molecule has 2 aliphatic heterocycles. The van der Waals surface area contributed by atoms with Crippen LogP contribution in [0.5, 0.6) is 11.5 Å². The molecule has 0 bridgehead atoms. The summed E-state index contributed by atoms with van der Waals surface area (Å²) in [5.74, 6) is 1.43. The van der Waals surface area contributed by atoms with Crippen LogP contribution in [-0.2, 0) is 11.3 Å². The van der Waals surface area contributed by atoms with E-state index >= 15 is 0 Å². The van der Waals surface area contributed by atoms with Crippen LogP contribution < -0.4 is 14.8 Å². The SMILES string of the molecule is CN(Cc1ccc2c(c1)OCO2)C1CCC(=O)NC1O. The van der Waals surface area contributed by atoms with Gasteiger partial charge in [0.2, 0.25) is 12.7 Å². The number of amides is 1. The van der Waals surface area contributed by atoms with Crippen molar-refractivity contribution in [2.24, 2.45) is 0 Å². The van der Waals surface area contributed by atoms with E-state index in [4.69, 9.17) is 9.47 Å². The van der Waals surface area contributed by atoms with E-state index in [-0.39, 0.29) is 18.7 Å². The zero-order valence-corrected chi connectivity index (χ0v) is 11.3. The van der Waals surface area contributed by atoms with E-state index in [1.807, 2.05) is 30.1 Å². The summed E-state index contributed by atoms with van der Waals surface area (Å²) in [5.41, 5.74) is 1.08. The summed E-state index contributed by atoms with van der Waals surface area (Å²) < 4.78 is 10.6. The molecule has 2 unspecified atom stereocenters. The molecule has 6 nitrogen and oxygen atoms in total. The standard InChI is InChI=1S/C14H18N2O4/c1-16(10-3-5-13(17)15-14(10)18)7-9-2-4-11-12(6-9)20-8-19-11/h2,4,6,10,14,18H,3,5,7-8H2,1H3,(H,15,17). The largest absolute Gasteiger partial charge is 0.454 e. The van der Waals surface area contributed by atoms with E-state index in [1.54, 1.807) is 0 Å². The second-order valence-corrected chi connectivity index (χ2v) is 5.22. The average molecular weight is 278 g/mol. The molecule has 2 atom stereocenters. The molecule has 2 aliphatic rings. The second-order valence-electron chi connectivity index (χ2n) is 5.22. The number of benzene rings is 1. The van der Waals surface area contributed by atoms with Gasteiger partial charge in [-0.05, 0) is 31.2 Å². The molecule has 6 heteroatoms. The molecule has 0 saturated carbocycles. The lowest BCUT2D eigenvalue weighted by molar-refractivity contribution is -0.129. The van der Waals surface area contributed by atoms with Crippen LogP contribution in [0, 0.1) is 0 Å². The van der Waals surface area contributed by atoms with E-state index in [9.17, 15) is 9.90 Å². The summed E-state index contributed by atoms with van der Waals surface area (Å²) >= 11 is 0. The Kier molecular flexibility index (Phi) is 3.50. The normalized spacial score (nSPS) is 24.9. The van der Waals surface area contributed by atoms with Crippen LogP contribution in [0.4, 0.5) is 0 Å². The molecule has 1 aromatic rings. The van der Waals surface area contributed by atoms with Crippen LogP contribution in [0.25, 0.3) is 0 Å². The number of aliphatic hydroxyl groups is 1. The summed E-state index contributed by atoms with van der Waals surface area (Å²) in [5, 5.41) is 12.5. The van der Waals surface area contributed by atoms with E-state index in [0.717, 1.165) is 17.1 Å². The van der Waals surface area contributed by atoms with Crippen LogP contribution in [0.3, 0.4) is 0 Å². The maximum Gasteiger partial charge on any atom is 0.231 e. The Hall–Kier alpha value is -1.79. The Balaban J connectivity index is 1.66. The highest BCUT2D eigenvalue weighted by Crippen LogP contribution is 2.33. The molecule has 0 radical (unpaired) electrons. The molecule has 0 aliphatic carbocycles. The van der Waals surface area contributed by atoms with Crippen LogP contribution in [0.1, 0.15) is 18.4 Å². The Labute approximate surface area is 117 Å². The Morgan fingerprint density at radius 3 is 3.00 bits per heavy atom. The lowest BCUT2D eigenvalue weighted by atomic mass is 10.0. The second kappa shape index (κ2) is 5.30. The molecular formula is C14H18N2O4. The minimum Gasteiger partial charge on any atom is -0.454 e. The van der Waals surface area contributed by atoms with Crippen LogP contribution in [0.15, 0.2) is 18.2 Å². The fourth-order valence-corrected chi connectivity index (χ4v) is 2.68. The fraction of sp³-hybridized carbons (Fsp3) is 0.500. The molecule has 0 aromatic heterocycles. The van der Waals surface area contributed by atoms with Gasteiger partial charge < -0.3 is 19.9 Å². The van der Waals surface area contributed by atoms with Gasteiger partial charge >= 0.3 is 0 Å². The Bertz CT molecular complexity index is 520. The van der Waals surface area contributed by atoms with Gasteiger partial charge in [0.05, 0.1) is 6.04 Å². The maximum absolute atomic E-state index is 11.2. The summed E-state index contributed by atoms with van der Waals surface area (Å²) in [6.07, 6.45) is 0.302. The van der Waals surface area contributed by atoms with Crippen molar-refractivity contribution < 1.29 is 19.4 Å². The molecule has 108 valence electrons. The number of nitrogens with zero attached hydrogens (tertiary/aromatic N) is 1. The number of piperidine rings is 1. The van der Waals surface area contributed by atoms with Crippen LogP contribution >= 0.6 is 0 Å². The Morgan fingerprint density at radius 2 is 2.20 bits per heavy atom. The number of carbonyl (C=O) groups excluding carboxylic acids is 1. The van der Waals surface area contributed by atoms with E-state index in [1.165, 1.54) is 0 Å². The maximum atomic E-state index is 11.2. The lowest BCUT2D eigenvalue weighted by Crippen LogP contribution is -2.54. The number of fused-ring (bicyclic) bond motifs is 1. The smallest absolute Gasteiger partial charge is 0.231 e. The minimum absolute atomic E-state index is 0.0712. The van der Waals surface area contributed by atoms with Gasteiger partial charge in [0.1, 0.15) is 6.23 Å². The van der Waals surface area contributed by atoms with Crippen LogP contribution in [-0.4, -0.2) is 42.0 Å². The third-order valence-electron chi connectivity index (χ3n) is 3.78. The topological polar surface area (TPSA) is 71.0 Å². The number of carbonyl (C=O) groups is 1. The van der Waals surface area contributed by atoms with Gasteiger partial charge in [-0.1, -0.05) is 6.07 Å². The average Bonchev–Trinajstić information content (AvgIpc) is 2.85. The van der Waals surface area contributed by atoms with E-state index < -0.39 is 6.23 Å². The first-order chi connectivity index (χ1) is 9.63. The third kappa shape index (κ3) is 2.57. The van der Waals surface area contributed by atoms with Gasteiger partial charge in [0, 0.05) is 13.0 Å². The first-order valence-electron chi connectivity index (χ1n) is 6.69. The third-order valence-corrected chi connectivity index (χ3v) is 3.78. The predicted octanol–water partition coefficient (Wildman–Crippen LogP) is 0.444. The molecule has 2 heterocycles. The first-order valence-corrected chi connectivity index (χ1v) is 6.69. The highest BCUT2D eigenvalue weighted by atomic mass is 16.7. The monoisotopic (exact) mass is 278 g/mol. The molecule has 1 amide bonds. The molecule has 1 aromatic carbocycles. The fourth-order valence-electron chi connectivity index (χ4n) is 2.68. The number of nitrogens with one attached hydrogen (secondary N) is 1. The van der Waals surface area contributed by atoms with Gasteiger partial charge in [-0.15, -0.1) is 0 Å². The van der Waals surface area contributed by atoms with Crippen molar-refractivity contribution in [3.63, 3.8) is 0 Å². The molecular weight excluding hydrogens is 260 g/mol. The van der Waals surface area contributed by atoms with Crippen LogP contribution in [0.2, 0.25) is 0 Å². The molecule has 20 heavy (non-hydrogen) atoms. The highest BCUT2D eigenvalue weighted by molar-refractivity contribution is 5.77. The Morgan fingerprint density at radius 1 is 1.40 bits per heavy atom. The van der Waals surface area contributed by atoms with Gasteiger partial charge in [0.25, 0.3) is 0 Å². The molecule has 2 N–H and O–H groups in total. The summed E-state index contributed by atoms with van der Waals surface area (Å²) in [7, 11) is 1.94. The van der Waals surface area contributed by atoms with Crippen molar-refractivity contribution in [2.75, 3.05) is 13.8 Å². The van der Waals surface area contributed by atoms with Crippen molar-refractivity contribution in [1.29, 1.82) is 0 Å². The predicted molar refractivity (Wildman–Crippen MR) is 71.2 cm³/mol. The summed E-state index contributed by atoms with van der Waals surface area (Å²) in [4.78, 5) is 13.3. The van der Waals surface area contributed by atoms with Crippen molar-refractivity contribution in [1.82, 2.24) is 10.2 Å². The van der Waals surface area contributed by atoms with Gasteiger partial charge in [-0.25, -0.2) is 0 Å². The summed E-state index contributed by atoms with van der Waals surface area (Å²) in [6.45, 7) is 0.941. The van der Waals surface area contributed by atoms with Gasteiger partial charge in [-0.2, -0.15) is 0 Å².